The van der Waals surface area contributed by atoms with Crippen LogP contribution in [0.25, 0.3) is 0 Å². The van der Waals surface area contributed by atoms with E-state index < -0.39 is 15.9 Å². The molecule has 2 aliphatic rings. The molecule has 7 nitrogen and oxygen atoms in total. The number of halogens is 1. The third kappa shape index (κ3) is 4.67. The lowest BCUT2D eigenvalue weighted by molar-refractivity contribution is 0.0757. The molecule has 2 heterocycles. The third-order valence-electron chi connectivity index (χ3n) is 4.74. The van der Waals surface area contributed by atoms with Crippen LogP contribution in [0.15, 0.2) is 21.4 Å². The average molecular weight is 428 g/mol. The minimum absolute atomic E-state index is 0.0378. The highest BCUT2D eigenvalue weighted by atomic mass is 35.5. The minimum atomic E-state index is -3.85. The Morgan fingerprint density at radius 2 is 2.11 bits per heavy atom. The van der Waals surface area contributed by atoms with Crippen molar-refractivity contribution in [2.75, 3.05) is 24.6 Å². The molecule has 2 aliphatic heterocycles. The number of fused-ring (bicyclic) bond motifs is 3. The molecule has 3 rings (SSSR count). The summed E-state index contributed by atoms with van der Waals surface area (Å²) >= 11 is 6.36. The number of hydrogen-bond donors (Lipinski definition) is 1. The van der Waals surface area contributed by atoms with Gasteiger partial charge in [-0.2, -0.15) is 8.42 Å². The molecule has 1 saturated heterocycles. The predicted octanol–water partition coefficient (Wildman–Crippen LogP) is 3.37. The highest BCUT2D eigenvalue weighted by molar-refractivity contribution is 7.90. The van der Waals surface area contributed by atoms with Crippen LogP contribution in [0.3, 0.4) is 0 Å². The molecule has 0 aromatic heterocycles. The second kappa shape index (κ2) is 8.80. The van der Waals surface area contributed by atoms with E-state index in [0.29, 0.717) is 44.1 Å². The normalized spacial score (nSPS) is 18.1. The molecule has 0 bridgehead atoms. The van der Waals surface area contributed by atoms with Crippen LogP contribution < -0.4 is 10.2 Å². The van der Waals surface area contributed by atoms with Gasteiger partial charge in [-0.25, -0.2) is 0 Å². The molecule has 1 N–H and O–H groups in total. The van der Waals surface area contributed by atoms with E-state index in [0.717, 1.165) is 19.3 Å². The van der Waals surface area contributed by atoms with Crippen LogP contribution in [0, 0.1) is 0 Å². The summed E-state index contributed by atoms with van der Waals surface area (Å²) in [5.74, 6) is 0.154. The maximum absolute atomic E-state index is 12.7. The number of amidine groups is 1. The van der Waals surface area contributed by atoms with E-state index in [9.17, 15) is 13.2 Å². The topological polar surface area (TPSA) is 88.1 Å². The van der Waals surface area contributed by atoms with Crippen LogP contribution in [0.1, 0.15) is 56.3 Å². The summed E-state index contributed by atoms with van der Waals surface area (Å²) in [6.45, 7) is 5.55. The molecule has 9 heteroatoms. The van der Waals surface area contributed by atoms with Crippen molar-refractivity contribution in [2.45, 2.75) is 57.0 Å². The molecule has 1 fully saturated rings. The summed E-state index contributed by atoms with van der Waals surface area (Å²) in [4.78, 5) is 14.5. The van der Waals surface area contributed by atoms with Gasteiger partial charge in [0.05, 0.1) is 22.4 Å². The van der Waals surface area contributed by atoms with Gasteiger partial charge in [-0.1, -0.05) is 18.0 Å². The fourth-order valence-corrected chi connectivity index (χ4v) is 4.87. The minimum Gasteiger partial charge on any atom is -0.379 e. The number of rotatable bonds is 6. The Labute approximate surface area is 171 Å². The zero-order valence-corrected chi connectivity index (χ0v) is 17.8. The van der Waals surface area contributed by atoms with E-state index in [1.165, 1.54) is 6.07 Å². The largest absolute Gasteiger partial charge is 0.379 e. The number of amides is 1. The zero-order chi connectivity index (χ0) is 20.3. The van der Waals surface area contributed by atoms with Gasteiger partial charge in [-0.3, -0.25) is 4.79 Å². The van der Waals surface area contributed by atoms with Crippen molar-refractivity contribution in [1.82, 2.24) is 5.32 Å². The fraction of sp³-hybridized carbons (Fsp3) is 0.579. The first-order valence-electron chi connectivity index (χ1n) is 9.64. The van der Waals surface area contributed by atoms with Crippen LogP contribution in [0.5, 0.6) is 0 Å². The second-order valence-corrected chi connectivity index (χ2v) is 9.25. The van der Waals surface area contributed by atoms with E-state index >= 15 is 0 Å². The molecule has 0 saturated carbocycles. The van der Waals surface area contributed by atoms with Crippen molar-refractivity contribution in [1.29, 1.82) is 0 Å². The summed E-state index contributed by atoms with van der Waals surface area (Å²) in [6, 6.07) is 2.92. The first kappa shape index (κ1) is 21.1. The van der Waals surface area contributed by atoms with Crippen LogP contribution in [0.4, 0.5) is 5.69 Å². The summed E-state index contributed by atoms with van der Waals surface area (Å²) in [5, 5.41) is 3.00. The summed E-state index contributed by atoms with van der Waals surface area (Å²) in [5.41, 5.74) is 0.654. The van der Waals surface area contributed by atoms with E-state index in [4.69, 9.17) is 16.3 Å². The molecule has 1 aromatic carbocycles. The molecular formula is C19H26ClN3O4S. The molecule has 0 spiro atoms. The van der Waals surface area contributed by atoms with Crippen LogP contribution in [0.2, 0.25) is 5.02 Å². The Kier molecular flexibility index (Phi) is 6.62. The Hall–Kier alpha value is -1.64. The lowest BCUT2D eigenvalue weighted by atomic mass is 10.1. The highest BCUT2D eigenvalue weighted by Gasteiger charge is 2.33. The third-order valence-corrected chi connectivity index (χ3v) is 6.39. The number of ether oxygens (including phenoxy) is 1. The number of nitrogens with one attached hydrogen (secondary N) is 1. The second-order valence-electron chi connectivity index (χ2n) is 7.27. The van der Waals surface area contributed by atoms with Crippen molar-refractivity contribution in [3.63, 3.8) is 0 Å². The van der Waals surface area contributed by atoms with E-state index in [-0.39, 0.29) is 21.6 Å². The summed E-state index contributed by atoms with van der Waals surface area (Å²) < 4.78 is 34.8. The number of nitrogens with zero attached hydrogens (tertiary/aromatic N) is 2. The number of hydrogen-bond acceptors (Lipinski definition) is 5. The summed E-state index contributed by atoms with van der Waals surface area (Å²) in [7, 11) is -3.85. The maximum atomic E-state index is 12.7. The van der Waals surface area contributed by atoms with E-state index in [1.54, 1.807) is 6.07 Å². The predicted molar refractivity (Wildman–Crippen MR) is 110 cm³/mol. The highest BCUT2D eigenvalue weighted by Crippen LogP contribution is 2.37. The first-order chi connectivity index (χ1) is 13.3. The van der Waals surface area contributed by atoms with Crippen LogP contribution in [-0.4, -0.2) is 46.0 Å². The standard InChI is InChI=1S/C19H26ClN3O4S/c1-13(2)27-10-6-8-21-19(24)14-11-17-16(12-15(14)20)23-9-5-3-4-7-18(23)22-28(17,25)26/h11-13H,3-10H2,1-2H3,(H,21,24). The van der Waals surface area contributed by atoms with Crippen LogP contribution in [-0.2, 0) is 14.8 Å². The maximum Gasteiger partial charge on any atom is 0.286 e. The average Bonchev–Trinajstić information content (AvgIpc) is 2.85. The molecule has 28 heavy (non-hydrogen) atoms. The summed E-state index contributed by atoms with van der Waals surface area (Å²) in [6.07, 6.45) is 4.31. The number of carbonyl (C=O) groups excluding carboxylic acids is 1. The molecule has 154 valence electrons. The SMILES string of the molecule is CC(C)OCCCNC(=O)c1cc2c(cc1Cl)N1CCCCCC1=NS2(=O)=O. The molecule has 1 aromatic rings. The van der Waals surface area contributed by atoms with E-state index in [1.807, 2.05) is 18.7 Å². The van der Waals surface area contributed by atoms with Crippen molar-refractivity contribution < 1.29 is 17.9 Å². The molecular weight excluding hydrogens is 402 g/mol. The smallest absolute Gasteiger partial charge is 0.286 e. The number of benzene rings is 1. The molecule has 0 radical (unpaired) electrons. The molecule has 0 aliphatic carbocycles. The number of sulfonamides is 1. The van der Waals surface area contributed by atoms with Gasteiger partial charge in [0, 0.05) is 26.1 Å². The molecule has 0 unspecified atom stereocenters. The number of carbonyl (C=O) groups is 1. The van der Waals surface area contributed by atoms with Crippen molar-refractivity contribution in [2.24, 2.45) is 4.40 Å². The van der Waals surface area contributed by atoms with Crippen molar-refractivity contribution in [3.05, 3.63) is 22.7 Å². The van der Waals surface area contributed by atoms with Crippen molar-refractivity contribution in [3.8, 4) is 0 Å². The van der Waals surface area contributed by atoms with Gasteiger partial charge < -0.3 is 15.0 Å². The fourth-order valence-electron chi connectivity index (χ4n) is 3.36. The monoisotopic (exact) mass is 427 g/mol. The van der Waals surface area contributed by atoms with Gasteiger partial charge in [0.15, 0.2) is 0 Å². The van der Waals surface area contributed by atoms with Gasteiger partial charge in [0.2, 0.25) is 0 Å². The lowest BCUT2D eigenvalue weighted by Crippen LogP contribution is -2.35. The Balaban J connectivity index is 1.81. The van der Waals surface area contributed by atoms with Crippen molar-refractivity contribution >= 4 is 39.1 Å². The number of anilines is 1. The quantitative estimate of drug-likeness (QED) is 0.703. The Morgan fingerprint density at radius 1 is 1.32 bits per heavy atom. The molecule has 0 atom stereocenters. The van der Waals surface area contributed by atoms with Crippen LogP contribution >= 0.6 is 11.6 Å². The van der Waals surface area contributed by atoms with Gasteiger partial charge in [0.25, 0.3) is 15.9 Å². The van der Waals surface area contributed by atoms with Gasteiger partial charge in [0.1, 0.15) is 10.7 Å². The van der Waals surface area contributed by atoms with Gasteiger partial charge >= 0.3 is 0 Å². The Bertz CT molecular complexity index is 883. The van der Waals surface area contributed by atoms with E-state index in [2.05, 4.69) is 9.71 Å². The Morgan fingerprint density at radius 3 is 2.86 bits per heavy atom. The lowest BCUT2D eigenvalue weighted by Gasteiger charge is -2.30. The first-order valence-corrected chi connectivity index (χ1v) is 11.5. The zero-order valence-electron chi connectivity index (χ0n) is 16.2. The molecule has 1 amide bonds. The van der Waals surface area contributed by atoms with Gasteiger partial charge in [-0.15, -0.1) is 4.40 Å². The van der Waals surface area contributed by atoms with Gasteiger partial charge in [-0.05, 0) is 45.2 Å².